The van der Waals surface area contributed by atoms with Crippen LogP contribution in [0.15, 0.2) is 42.6 Å². The van der Waals surface area contributed by atoms with Crippen LogP contribution in [0.4, 0.5) is 11.8 Å². The van der Waals surface area contributed by atoms with Crippen molar-refractivity contribution in [1.82, 2.24) is 9.97 Å². The molecule has 24 heavy (non-hydrogen) atoms. The lowest BCUT2D eigenvalue weighted by atomic mass is 9.90. The van der Waals surface area contributed by atoms with Gasteiger partial charge in [0.15, 0.2) is 0 Å². The molecule has 3 heterocycles. The van der Waals surface area contributed by atoms with Crippen molar-refractivity contribution in [1.29, 1.82) is 0 Å². The van der Waals surface area contributed by atoms with Gasteiger partial charge in [-0.1, -0.05) is 30.3 Å². The highest BCUT2D eigenvalue weighted by atomic mass is 15.3. The molecular weight excluding hydrogens is 296 g/mol. The van der Waals surface area contributed by atoms with Crippen LogP contribution >= 0.6 is 0 Å². The fraction of sp³-hybridized carbons (Fsp3) is 0.500. The van der Waals surface area contributed by atoms with Gasteiger partial charge >= 0.3 is 0 Å². The molecule has 0 N–H and O–H groups in total. The summed E-state index contributed by atoms with van der Waals surface area (Å²) in [5, 5.41) is 0. The Morgan fingerprint density at radius 2 is 1.54 bits per heavy atom. The minimum absolute atomic E-state index is 0.674. The van der Waals surface area contributed by atoms with E-state index in [0.29, 0.717) is 5.92 Å². The summed E-state index contributed by atoms with van der Waals surface area (Å²) in [4.78, 5) is 14.2. The second kappa shape index (κ2) is 7.20. The van der Waals surface area contributed by atoms with Gasteiger partial charge in [-0.15, -0.1) is 0 Å². The van der Waals surface area contributed by atoms with Crippen LogP contribution in [0.5, 0.6) is 0 Å². The zero-order chi connectivity index (χ0) is 16.2. The molecule has 4 rings (SSSR count). The zero-order valence-corrected chi connectivity index (χ0v) is 14.3. The van der Waals surface area contributed by atoms with E-state index >= 15 is 0 Å². The van der Waals surface area contributed by atoms with Crippen LogP contribution in [0, 0.1) is 0 Å². The van der Waals surface area contributed by atoms with Gasteiger partial charge in [-0.2, -0.15) is 4.98 Å². The van der Waals surface area contributed by atoms with Gasteiger partial charge in [0.1, 0.15) is 5.82 Å². The lowest BCUT2D eigenvalue weighted by Gasteiger charge is -2.33. The highest BCUT2D eigenvalue weighted by Gasteiger charge is 2.22. The summed E-state index contributed by atoms with van der Waals surface area (Å²) in [5.74, 6) is 2.68. The van der Waals surface area contributed by atoms with Crippen LogP contribution in [0.3, 0.4) is 0 Å². The Morgan fingerprint density at radius 3 is 2.29 bits per heavy atom. The number of rotatable bonds is 3. The number of hydrogen-bond acceptors (Lipinski definition) is 4. The average Bonchev–Trinajstić information content (AvgIpc) is 2.70. The Hall–Kier alpha value is -2.10. The highest BCUT2D eigenvalue weighted by Crippen LogP contribution is 2.29. The Kier molecular flexibility index (Phi) is 4.63. The number of nitrogens with zero attached hydrogens (tertiary/aromatic N) is 4. The highest BCUT2D eigenvalue weighted by molar-refractivity contribution is 5.44. The van der Waals surface area contributed by atoms with Crippen molar-refractivity contribution in [2.45, 2.75) is 38.0 Å². The van der Waals surface area contributed by atoms with E-state index in [2.05, 4.69) is 51.2 Å². The number of anilines is 2. The first-order valence-electron chi connectivity index (χ1n) is 9.28. The van der Waals surface area contributed by atoms with Crippen molar-refractivity contribution in [3.05, 3.63) is 48.2 Å². The van der Waals surface area contributed by atoms with Crippen LogP contribution in [-0.4, -0.2) is 36.1 Å². The quantitative estimate of drug-likeness (QED) is 0.859. The third-order valence-electron chi connectivity index (χ3n) is 5.36. The monoisotopic (exact) mass is 322 g/mol. The first kappa shape index (κ1) is 15.4. The lowest BCUT2D eigenvalue weighted by Crippen LogP contribution is -2.35. The molecule has 1 aromatic heterocycles. The topological polar surface area (TPSA) is 32.3 Å². The summed E-state index contributed by atoms with van der Waals surface area (Å²) in [6, 6.07) is 13.0. The van der Waals surface area contributed by atoms with Crippen LogP contribution in [-0.2, 0) is 0 Å². The molecule has 2 aromatic rings. The van der Waals surface area contributed by atoms with E-state index < -0.39 is 0 Å². The molecule has 0 aliphatic carbocycles. The Bertz CT molecular complexity index is 644. The minimum atomic E-state index is 0.674. The number of piperidine rings is 2. The number of benzene rings is 1. The molecule has 2 fully saturated rings. The summed E-state index contributed by atoms with van der Waals surface area (Å²) < 4.78 is 0. The maximum Gasteiger partial charge on any atom is 0.227 e. The van der Waals surface area contributed by atoms with Gasteiger partial charge in [-0.3, -0.25) is 0 Å². The molecule has 126 valence electrons. The fourth-order valence-electron chi connectivity index (χ4n) is 3.93. The van der Waals surface area contributed by atoms with Gasteiger partial charge in [0.25, 0.3) is 0 Å². The molecule has 0 unspecified atom stereocenters. The van der Waals surface area contributed by atoms with Crippen molar-refractivity contribution in [2.24, 2.45) is 0 Å². The fourth-order valence-corrected chi connectivity index (χ4v) is 3.93. The number of aromatic nitrogens is 2. The van der Waals surface area contributed by atoms with Crippen molar-refractivity contribution in [2.75, 3.05) is 36.0 Å². The molecule has 0 spiro atoms. The largest absolute Gasteiger partial charge is 0.356 e. The predicted octanol–water partition coefficient (Wildman–Crippen LogP) is 3.85. The second-order valence-corrected chi connectivity index (χ2v) is 6.93. The smallest absolute Gasteiger partial charge is 0.227 e. The third-order valence-corrected chi connectivity index (χ3v) is 5.36. The first-order valence-corrected chi connectivity index (χ1v) is 9.28. The van der Waals surface area contributed by atoms with Gasteiger partial charge in [-0.25, -0.2) is 4.98 Å². The van der Waals surface area contributed by atoms with E-state index in [0.717, 1.165) is 37.9 Å². The van der Waals surface area contributed by atoms with Crippen molar-refractivity contribution >= 4 is 11.8 Å². The predicted molar refractivity (Wildman–Crippen MR) is 98.7 cm³/mol. The molecule has 2 aliphatic rings. The lowest BCUT2D eigenvalue weighted by molar-refractivity contribution is 0.499. The Labute approximate surface area is 144 Å². The molecule has 4 heteroatoms. The summed E-state index contributed by atoms with van der Waals surface area (Å²) in [5.41, 5.74) is 1.47. The molecule has 0 atom stereocenters. The molecular formula is C20H26N4. The standard InChI is InChI=1S/C20H26N4/c1-3-7-17(8-4-1)18-10-15-24(16-11-18)20-21-12-9-19(22-20)23-13-5-2-6-14-23/h1,3-4,7-9,12,18H,2,5-6,10-11,13-16H2. The minimum Gasteiger partial charge on any atom is -0.356 e. The van der Waals surface area contributed by atoms with Gasteiger partial charge in [0, 0.05) is 32.4 Å². The molecule has 2 aliphatic heterocycles. The van der Waals surface area contributed by atoms with Crippen molar-refractivity contribution < 1.29 is 0 Å². The maximum atomic E-state index is 4.86. The SMILES string of the molecule is c1ccc(C2CCN(c3nccc(N4CCCCC4)n3)CC2)cc1. The molecule has 0 bridgehead atoms. The van der Waals surface area contributed by atoms with Gasteiger partial charge in [0.05, 0.1) is 0 Å². The normalized spacial score (nSPS) is 19.5. The van der Waals surface area contributed by atoms with Gasteiger partial charge < -0.3 is 9.80 Å². The van der Waals surface area contributed by atoms with Crippen molar-refractivity contribution in [3.63, 3.8) is 0 Å². The summed E-state index contributed by atoms with van der Waals surface area (Å²) in [6.45, 7) is 4.35. The van der Waals surface area contributed by atoms with Crippen molar-refractivity contribution in [3.8, 4) is 0 Å². The van der Waals surface area contributed by atoms with Crippen LogP contribution in [0.25, 0.3) is 0 Å². The van der Waals surface area contributed by atoms with E-state index in [1.807, 2.05) is 6.20 Å². The maximum absolute atomic E-state index is 4.86. The van der Waals surface area contributed by atoms with Gasteiger partial charge in [0.2, 0.25) is 5.95 Å². The Morgan fingerprint density at radius 1 is 0.792 bits per heavy atom. The molecule has 0 saturated carbocycles. The Balaban J connectivity index is 1.42. The van der Waals surface area contributed by atoms with E-state index in [1.54, 1.807) is 0 Å². The molecule has 0 radical (unpaired) electrons. The van der Waals surface area contributed by atoms with E-state index in [1.165, 1.54) is 37.7 Å². The zero-order valence-electron chi connectivity index (χ0n) is 14.3. The number of hydrogen-bond donors (Lipinski definition) is 0. The third kappa shape index (κ3) is 3.37. The van der Waals surface area contributed by atoms with E-state index in [-0.39, 0.29) is 0 Å². The van der Waals surface area contributed by atoms with Crippen LogP contribution < -0.4 is 9.80 Å². The van der Waals surface area contributed by atoms with Crippen LogP contribution in [0.2, 0.25) is 0 Å². The molecule has 4 nitrogen and oxygen atoms in total. The van der Waals surface area contributed by atoms with E-state index in [4.69, 9.17) is 4.98 Å². The van der Waals surface area contributed by atoms with Crippen LogP contribution in [0.1, 0.15) is 43.6 Å². The molecule has 1 aromatic carbocycles. The summed E-state index contributed by atoms with van der Waals surface area (Å²) in [7, 11) is 0. The summed E-state index contributed by atoms with van der Waals surface area (Å²) >= 11 is 0. The molecule has 2 saturated heterocycles. The average molecular weight is 322 g/mol. The second-order valence-electron chi connectivity index (χ2n) is 6.93. The molecule has 0 amide bonds. The van der Waals surface area contributed by atoms with Gasteiger partial charge in [-0.05, 0) is 49.7 Å². The first-order chi connectivity index (χ1) is 11.9. The summed E-state index contributed by atoms with van der Waals surface area (Å²) in [6.07, 6.45) is 8.20. The van der Waals surface area contributed by atoms with E-state index in [9.17, 15) is 0 Å².